The summed E-state index contributed by atoms with van der Waals surface area (Å²) >= 11 is 0. The molecule has 29 heavy (non-hydrogen) atoms. The second-order valence-corrected chi connectivity index (χ2v) is 7.38. The minimum atomic E-state index is -0.254. The van der Waals surface area contributed by atoms with E-state index in [1.807, 2.05) is 24.3 Å². The summed E-state index contributed by atoms with van der Waals surface area (Å²) in [6, 6.07) is 11.0. The second kappa shape index (κ2) is 11.2. The quantitative estimate of drug-likeness (QED) is 0.271. The molecule has 0 saturated heterocycles. The van der Waals surface area contributed by atoms with Crippen LogP contribution in [0.3, 0.4) is 0 Å². The molecule has 0 atom stereocenters. The molecule has 1 aromatic carbocycles. The van der Waals surface area contributed by atoms with Gasteiger partial charge in [-0.05, 0) is 61.4 Å². The number of anilines is 1. The fraction of sp³-hybridized carbons (Fsp3) is 0.455. The van der Waals surface area contributed by atoms with Crippen molar-refractivity contribution < 1.29 is 9.21 Å². The lowest BCUT2D eigenvalue weighted by molar-refractivity contribution is 0.0996. The Hall–Kier alpha value is -2.03. The van der Waals surface area contributed by atoms with E-state index in [2.05, 4.69) is 29.8 Å². The fourth-order valence-electron chi connectivity index (χ4n) is 3.41. The summed E-state index contributed by atoms with van der Waals surface area (Å²) in [5.41, 5.74) is 2.26. The Kier molecular flexibility index (Phi) is 9.00. The van der Waals surface area contributed by atoms with Crippen molar-refractivity contribution in [3.8, 4) is 0 Å². The van der Waals surface area contributed by atoms with E-state index in [9.17, 15) is 4.79 Å². The van der Waals surface area contributed by atoms with Crippen LogP contribution < -0.4 is 16.0 Å². The molecule has 3 rings (SSSR count). The van der Waals surface area contributed by atoms with Crippen molar-refractivity contribution in [3.05, 3.63) is 54.0 Å². The predicted octanol–water partition coefficient (Wildman–Crippen LogP) is 4.79. The number of aliphatic imine (C=N–C) groups is 1. The van der Waals surface area contributed by atoms with Crippen molar-refractivity contribution in [3.63, 3.8) is 0 Å². The lowest BCUT2D eigenvalue weighted by Gasteiger charge is -2.41. The molecule has 1 aromatic heterocycles. The zero-order valence-electron chi connectivity index (χ0n) is 17.2. The molecule has 0 aliphatic heterocycles. The van der Waals surface area contributed by atoms with Gasteiger partial charge in [0.25, 0.3) is 5.91 Å². The summed E-state index contributed by atoms with van der Waals surface area (Å²) in [7, 11) is 0. The summed E-state index contributed by atoms with van der Waals surface area (Å²) in [6.07, 6.45) is 6.65. The van der Waals surface area contributed by atoms with Crippen LogP contribution in [0.5, 0.6) is 0 Å². The van der Waals surface area contributed by atoms with Gasteiger partial charge in [0, 0.05) is 18.8 Å². The lowest BCUT2D eigenvalue weighted by atomic mass is 9.67. The maximum absolute atomic E-state index is 12.0. The van der Waals surface area contributed by atoms with E-state index in [0.29, 0.717) is 17.7 Å². The minimum Gasteiger partial charge on any atom is -0.459 e. The van der Waals surface area contributed by atoms with Crippen molar-refractivity contribution >= 4 is 41.5 Å². The van der Waals surface area contributed by atoms with Gasteiger partial charge in [-0.1, -0.05) is 25.5 Å². The number of carbonyl (C=O) groups is 1. The highest BCUT2D eigenvalue weighted by Gasteiger charge is 2.34. The van der Waals surface area contributed by atoms with Crippen molar-refractivity contribution in [1.82, 2.24) is 10.6 Å². The number of halogens is 1. The van der Waals surface area contributed by atoms with Crippen LogP contribution in [0.2, 0.25) is 0 Å². The Morgan fingerprint density at radius 2 is 1.90 bits per heavy atom. The SMILES string of the molecule is CCNC(=NCc1ccc(NC(=O)c2ccco2)cc1)NCC1(CC)CCC1.I. The monoisotopic (exact) mass is 510 g/mol. The van der Waals surface area contributed by atoms with E-state index in [0.717, 1.165) is 30.3 Å². The Morgan fingerprint density at radius 3 is 2.45 bits per heavy atom. The Morgan fingerprint density at radius 1 is 1.14 bits per heavy atom. The number of nitrogens with one attached hydrogen (secondary N) is 3. The maximum Gasteiger partial charge on any atom is 0.291 e. The van der Waals surface area contributed by atoms with Crippen LogP contribution in [0.1, 0.15) is 55.6 Å². The molecule has 0 radical (unpaired) electrons. The molecule has 7 heteroatoms. The van der Waals surface area contributed by atoms with Crippen LogP contribution in [-0.2, 0) is 6.54 Å². The smallest absolute Gasteiger partial charge is 0.291 e. The van der Waals surface area contributed by atoms with Gasteiger partial charge >= 0.3 is 0 Å². The first kappa shape index (κ1) is 23.3. The van der Waals surface area contributed by atoms with E-state index >= 15 is 0 Å². The van der Waals surface area contributed by atoms with Crippen molar-refractivity contribution in [2.45, 2.75) is 46.1 Å². The molecule has 0 spiro atoms. The number of benzene rings is 1. The number of guanidine groups is 1. The molecule has 1 aliphatic carbocycles. The van der Waals surface area contributed by atoms with Crippen LogP contribution in [-0.4, -0.2) is 25.0 Å². The molecule has 1 amide bonds. The van der Waals surface area contributed by atoms with E-state index in [-0.39, 0.29) is 29.9 Å². The van der Waals surface area contributed by atoms with Crippen LogP contribution in [0, 0.1) is 5.41 Å². The molecule has 158 valence electrons. The molecule has 6 nitrogen and oxygen atoms in total. The third-order valence-electron chi connectivity index (χ3n) is 5.52. The van der Waals surface area contributed by atoms with E-state index in [4.69, 9.17) is 9.41 Å². The van der Waals surface area contributed by atoms with Gasteiger partial charge in [-0.25, -0.2) is 4.99 Å². The molecule has 2 aromatic rings. The van der Waals surface area contributed by atoms with Gasteiger partial charge in [0.05, 0.1) is 12.8 Å². The molecule has 1 fully saturated rings. The molecule has 3 N–H and O–H groups in total. The summed E-state index contributed by atoms with van der Waals surface area (Å²) in [5, 5.41) is 9.65. The molecule has 1 saturated carbocycles. The number of hydrogen-bond donors (Lipinski definition) is 3. The first-order chi connectivity index (χ1) is 13.6. The number of rotatable bonds is 8. The van der Waals surface area contributed by atoms with Crippen molar-refractivity contribution in [2.75, 3.05) is 18.4 Å². The van der Waals surface area contributed by atoms with E-state index in [1.54, 1.807) is 12.1 Å². The molecular formula is C22H31IN4O2. The predicted molar refractivity (Wildman–Crippen MR) is 128 cm³/mol. The van der Waals surface area contributed by atoms with Crippen LogP contribution in [0.25, 0.3) is 0 Å². The van der Waals surface area contributed by atoms with Crippen molar-refractivity contribution in [2.24, 2.45) is 10.4 Å². The van der Waals surface area contributed by atoms with Gasteiger partial charge in [-0.3, -0.25) is 4.79 Å². The van der Waals surface area contributed by atoms with Gasteiger partial charge in [-0.2, -0.15) is 0 Å². The zero-order chi connectivity index (χ0) is 19.8. The van der Waals surface area contributed by atoms with Crippen LogP contribution >= 0.6 is 24.0 Å². The average Bonchev–Trinajstić information content (AvgIpc) is 3.21. The summed E-state index contributed by atoms with van der Waals surface area (Å²) in [4.78, 5) is 16.7. The second-order valence-electron chi connectivity index (χ2n) is 7.38. The lowest BCUT2D eigenvalue weighted by Crippen LogP contribution is -2.46. The van der Waals surface area contributed by atoms with Crippen molar-refractivity contribution in [1.29, 1.82) is 0 Å². The highest BCUT2D eigenvalue weighted by molar-refractivity contribution is 14.0. The third kappa shape index (κ3) is 6.48. The molecular weight excluding hydrogens is 479 g/mol. The Labute approximate surface area is 190 Å². The maximum atomic E-state index is 12.0. The number of amides is 1. The Bertz CT molecular complexity index is 778. The summed E-state index contributed by atoms with van der Waals surface area (Å²) in [5.74, 6) is 0.902. The van der Waals surface area contributed by atoms with Crippen LogP contribution in [0.15, 0.2) is 52.1 Å². The number of nitrogens with zero attached hydrogens (tertiary/aromatic N) is 1. The largest absolute Gasteiger partial charge is 0.459 e. The summed E-state index contributed by atoms with van der Waals surface area (Å²) in [6.45, 7) is 6.75. The van der Waals surface area contributed by atoms with Gasteiger partial charge in [0.1, 0.15) is 0 Å². The first-order valence-corrected chi connectivity index (χ1v) is 10.1. The van der Waals surface area contributed by atoms with Gasteiger partial charge in [-0.15, -0.1) is 24.0 Å². The van der Waals surface area contributed by atoms with Gasteiger partial charge < -0.3 is 20.4 Å². The molecule has 1 aliphatic rings. The Balaban J connectivity index is 0.00000300. The average molecular weight is 510 g/mol. The molecule has 1 heterocycles. The topological polar surface area (TPSA) is 78.7 Å². The molecule has 0 bridgehead atoms. The number of furan rings is 1. The fourth-order valence-corrected chi connectivity index (χ4v) is 3.41. The van der Waals surface area contributed by atoms with Gasteiger partial charge in [0.2, 0.25) is 0 Å². The normalized spacial score (nSPS) is 15.0. The first-order valence-electron chi connectivity index (χ1n) is 10.1. The zero-order valence-corrected chi connectivity index (χ0v) is 19.5. The van der Waals surface area contributed by atoms with Gasteiger partial charge in [0.15, 0.2) is 11.7 Å². The molecule has 0 unspecified atom stereocenters. The van der Waals surface area contributed by atoms with E-state index < -0.39 is 0 Å². The highest BCUT2D eigenvalue weighted by Crippen LogP contribution is 2.42. The van der Waals surface area contributed by atoms with Crippen LogP contribution in [0.4, 0.5) is 5.69 Å². The minimum absolute atomic E-state index is 0. The number of hydrogen-bond acceptors (Lipinski definition) is 3. The highest BCUT2D eigenvalue weighted by atomic mass is 127. The summed E-state index contributed by atoms with van der Waals surface area (Å²) < 4.78 is 5.10. The number of carbonyl (C=O) groups excluding carboxylic acids is 1. The third-order valence-corrected chi connectivity index (χ3v) is 5.52. The standard InChI is InChI=1S/C22H30N4O2.HI/c1-3-22(12-6-13-22)16-25-21(23-4-2)24-15-17-8-10-18(11-9-17)26-20(27)19-7-5-14-28-19;/h5,7-11,14H,3-4,6,12-13,15-16H2,1-2H3,(H,26,27)(H2,23,24,25);1H. The van der Waals surface area contributed by atoms with E-state index in [1.165, 1.54) is 31.9 Å².